The molecular formula is C16H23N3O. The topological polar surface area (TPSA) is 60.9 Å². The Morgan fingerprint density at radius 3 is 2.80 bits per heavy atom. The molecule has 0 aliphatic rings. The Labute approximate surface area is 120 Å². The van der Waals surface area contributed by atoms with Crippen molar-refractivity contribution < 1.29 is 4.79 Å². The van der Waals surface area contributed by atoms with Crippen molar-refractivity contribution in [3.05, 3.63) is 30.1 Å². The molecule has 0 saturated carbocycles. The second kappa shape index (κ2) is 6.66. The average Bonchev–Trinajstić information content (AvgIpc) is 2.75. The zero-order valence-corrected chi connectivity index (χ0v) is 12.3. The van der Waals surface area contributed by atoms with Crippen LogP contribution < -0.4 is 5.73 Å². The van der Waals surface area contributed by atoms with Gasteiger partial charge in [-0.1, -0.05) is 25.5 Å². The van der Waals surface area contributed by atoms with Crippen LogP contribution in [0.4, 0.5) is 0 Å². The van der Waals surface area contributed by atoms with E-state index in [1.54, 1.807) is 0 Å². The molecule has 0 saturated heterocycles. The normalized spacial score (nSPS) is 12.8. The largest absolute Gasteiger partial charge is 0.328 e. The van der Waals surface area contributed by atoms with E-state index in [1.807, 2.05) is 24.3 Å². The van der Waals surface area contributed by atoms with Crippen molar-refractivity contribution in [2.75, 3.05) is 0 Å². The number of para-hydroxylation sites is 2. The number of hydrogen-bond donors (Lipinski definition) is 1. The predicted octanol–water partition coefficient (Wildman–Crippen LogP) is 2.69. The molecule has 1 aromatic heterocycles. The number of ketones is 1. The highest BCUT2D eigenvalue weighted by atomic mass is 16.1. The first kappa shape index (κ1) is 14.7. The second-order valence-electron chi connectivity index (χ2n) is 5.23. The maximum absolute atomic E-state index is 12.1. The maximum Gasteiger partial charge on any atom is 0.141 e. The molecule has 0 radical (unpaired) electrons. The van der Waals surface area contributed by atoms with Crippen molar-refractivity contribution in [1.82, 2.24) is 9.55 Å². The summed E-state index contributed by atoms with van der Waals surface area (Å²) in [5, 5.41) is 0. The quantitative estimate of drug-likeness (QED) is 0.843. The third-order valence-electron chi connectivity index (χ3n) is 3.55. The van der Waals surface area contributed by atoms with E-state index in [4.69, 9.17) is 5.73 Å². The molecule has 2 aromatic rings. The van der Waals surface area contributed by atoms with E-state index in [1.165, 1.54) is 0 Å². The number of hydrogen-bond acceptors (Lipinski definition) is 3. The second-order valence-corrected chi connectivity index (χ2v) is 5.23. The van der Waals surface area contributed by atoms with Gasteiger partial charge in [0.15, 0.2) is 0 Å². The van der Waals surface area contributed by atoms with Crippen LogP contribution >= 0.6 is 0 Å². The molecule has 4 nitrogen and oxygen atoms in total. The van der Waals surface area contributed by atoms with Crippen molar-refractivity contribution in [3.63, 3.8) is 0 Å². The number of carbonyl (C=O) groups excluding carboxylic acids is 1. The average molecular weight is 273 g/mol. The third kappa shape index (κ3) is 3.25. The zero-order valence-electron chi connectivity index (χ0n) is 12.3. The molecular weight excluding hydrogens is 250 g/mol. The van der Waals surface area contributed by atoms with Crippen molar-refractivity contribution in [3.8, 4) is 0 Å². The Kier molecular flexibility index (Phi) is 4.90. The van der Waals surface area contributed by atoms with Crippen LogP contribution in [0.3, 0.4) is 0 Å². The fourth-order valence-electron chi connectivity index (χ4n) is 2.63. The number of imidazole rings is 1. The minimum atomic E-state index is -0.0213. The van der Waals surface area contributed by atoms with Gasteiger partial charge in [0.1, 0.15) is 11.6 Å². The molecule has 20 heavy (non-hydrogen) atoms. The minimum Gasteiger partial charge on any atom is -0.328 e. The minimum absolute atomic E-state index is 0.0213. The van der Waals surface area contributed by atoms with Gasteiger partial charge in [-0.2, -0.15) is 0 Å². The van der Waals surface area contributed by atoms with E-state index in [0.29, 0.717) is 12.8 Å². The fourth-order valence-corrected chi connectivity index (χ4v) is 2.63. The molecule has 0 aliphatic carbocycles. The number of carbonyl (C=O) groups is 1. The van der Waals surface area contributed by atoms with Crippen LogP contribution in [0, 0.1) is 0 Å². The molecule has 0 aliphatic heterocycles. The van der Waals surface area contributed by atoms with Crippen molar-refractivity contribution in [1.29, 1.82) is 0 Å². The van der Waals surface area contributed by atoms with E-state index in [0.717, 1.165) is 36.2 Å². The lowest BCUT2D eigenvalue weighted by Gasteiger charge is -2.09. The molecule has 2 rings (SSSR count). The van der Waals surface area contributed by atoms with Crippen LogP contribution in [0.15, 0.2) is 24.3 Å². The first-order chi connectivity index (χ1) is 9.65. The molecule has 0 spiro atoms. The monoisotopic (exact) mass is 273 g/mol. The molecule has 1 atom stereocenters. The van der Waals surface area contributed by atoms with E-state index in [-0.39, 0.29) is 11.8 Å². The Bertz CT molecular complexity index is 588. The molecule has 2 N–H and O–H groups in total. The molecule has 1 unspecified atom stereocenters. The summed E-state index contributed by atoms with van der Waals surface area (Å²) in [6.45, 7) is 4.98. The van der Waals surface area contributed by atoms with Gasteiger partial charge in [-0.15, -0.1) is 0 Å². The summed E-state index contributed by atoms with van der Waals surface area (Å²) in [7, 11) is 0. The van der Waals surface area contributed by atoms with Crippen molar-refractivity contribution >= 4 is 16.8 Å². The summed E-state index contributed by atoms with van der Waals surface area (Å²) in [4.78, 5) is 16.7. The number of Topliss-reactive ketones (excluding diaryl/α,β-unsaturated/α-hetero) is 1. The number of benzene rings is 1. The van der Waals surface area contributed by atoms with Gasteiger partial charge in [-0.25, -0.2) is 4.98 Å². The van der Waals surface area contributed by atoms with Crippen LogP contribution in [0.25, 0.3) is 11.0 Å². The lowest BCUT2D eigenvalue weighted by Crippen LogP contribution is -2.24. The number of aromatic nitrogens is 2. The van der Waals surface area contributed by atoms with E-state index in [2.05, 4.69) is 23.4 Å². The number of rotatable bonds is 7. The summed E-state index contributed by atoms with van der Waals surface area (Å²) in [5.74, 6) is 1.03. The van der Waals surface area contributed by atoms with Gasteiger partial charge in [0.25, 0.3) is 0 Å². The van der Waals surface area contributed by atoms with Gasteiger partial charge in [0.05, 0.1) is 17.5 Å². The summed E-state index contributed by atoms with van der Waals surface area (Å²) in [6, 6.07) is 7.98. The molecule has 0 bridgehead atoms. The van der Waals surface area contributed by atoms with E-state index < -0.39 is 0 Å². The maximum atomic E-state index is 12.1. The number of aryl methyl sites for hydroxylation is 1. The van der Waals surface area contributed by atoms with Crippen molar-refractivity contribution in [2.45, 2.75) is 52.1 Å². The lowest BCUT2D eigenvalue weighted by atomic mass is 10.0. The Morgan fingerprint density at radius 1 is 1.35 bits per heavy atom. The first-order valence-electron chi connectivity index (χ1n) is 7.37. The Hall–Kier alpha value is -1.68. The highest BCUT2D eigenvalue weighted by Crippen LogP contribution is 2.17. The van der Waals surface area contributed by atoms with Gasteiger partial charge in [0.2, 0.25) is 0 Å². The van der Waals surface area contributed by atoms with Gasteiger partial charge in [-0.05, 0) is 25.5 Å². The van der Waals surface area contributed by atoms with Gasteiger partial charge < -0.3 is 10.3 Å². The number of fused-ring (bicyclic) bond motifs is 1. The SMILES string of the molecule is CCCC(N)CC(=O)Cc1nc2ccccc2n1CC. The van der Waals surface area contributed by atoms with Crippen LogP contribution in [-0.4, -0.2) is 21.4 Å². The van der Waals surface area contributed by atoms with E-state index in [9.17, 15) is 4.79 Å². The molecule has 0 amide bonds. The predicted molar refractivity (Wildman–Crippen MR) is 81.6 cm³/mol. The lowest BCUT2D eigenvalue weighted by molar-refractivity contribution is -0.118. The molecule has 0 fully saturated rings. The Balaban J connectivity index is 2.15. The zero-order chi connectivity index (χ0) is 14.5. The number of nitrogens with zero attached hydrogens (tertiary/aromatic N) is 2. The smallest absolute Gasteiger partial charge is 0.141 e. The van der Waals surface area contributed by atoms with Crippen LogP contribution in [0.5, 0.6) is 0 Å². The van der Waals surface area contributed by atoms with Gasteiger partial charge >= 0.3 is 0 Å². The molecule has 1 heterocycles. The first-order valence-corrected chi connectivity index (χ1v) is 7.37. The highest BCUT2D eigenvalue weighted by molar-refractivity contribution is 5.83. The molecule has 1 aromatic carbocycles. The summed E-state index contributed by atoms with van der Waals surface area (Å²) in [6.07, 6.45) is 2.73. The van der Waals surface area contributed by atoms with Gasteiger partial charge in [0, 0.05) is 19.0 Å². The fraction of sp³-hybridized carbons (Fsp3) is 0.500. The molecule has 108 valence electrons. The standard InChI is InChI=1S/C16H23N3O/c1-3-7-12(17)10-13(20)11-16-18-14-8-5-6-9-15(14)19(16)4-2/h5-6,8-9,12H,3-4,7,10-11,17H2,1-2H3. The van der Waals surface area contributed by atoms with Gasteiger partial charge in [-0.3, -0.25) is 4.79 Å². The summed E-state index contributed by atoms with van der Waals surface area (Å²) in [5.41, 5.74) is 7.98. The molecule has 4 heteroatoms. The number of nitrogens with two attached hydrogens (primary N) is 1. The Morgan fingerprint density at radius 2 is 2.10 bits per heavy atom. The van der Waals surface area contributed by atoms with E-state index >= 15 is 0 Å². The summed E-state index contributed by atoms with van der Waals surface area (Å²) < 4.78 is 2.11. The summed E-state index contributed by atoms with van der Waals surface area (Å²) >= 11 is 0. The van der Waals surface area contributed by atoms with Crippen molar-refractivity contribution in [2.24, 2.45) is 5.73 Å². The highest BCUT2D eigenvalue weighted by Gasteiger charge is 2.15. The van der Waals surface area contributed by atoms with Crippen LogP contribution in [0.2, 0.25) is 0 Å². The van der Waals surface area contributed by atoms with Crippen LogP contribution in [-0.2, 0) is 17.8 Å². The third-order valence-corrected chi connectivity index (χ3v) is 3.55. The van der Waals surface area contributed by atoms with Crippen LogP contribution in [0.1, 0.15) is 38.9 Å².